The third-order valence-corrected chi connectivity index (χ3v) is 2.58. The molecule has 1 aromatic carbocycles. The van der Waals surface area contributed by atoms with Gasteiger partial charge in [0, 0.05) is 5.41 Å². The van der Waals surface area contributed by atoms with Gasteiger partial charge in [0.05, 0.1) is 7.11 Å². The molecule has 0 heterocycles. The minimum atomic E-state index is -0.682. The van der Waals surface area contributed by atoms with Gasteiger partial charge in [-0.3, -0.25) is 4.79 Å². The van der Waals surface area contributed by atoms with Gasteiger partial charge < -0.3 is 10.1 Å². The molecule has 0 saturated heterocycles. The van der Waals surface area contributed by atoms with Crippen LogP contribution in [0.1, 0.15) is 32.4 Å². The summed E-state index contributed by atoms with van der Waals surface area (Å²) in [4.78, 5) is 23.7. The molecule has 1 amide bonds. The molecule has 0 saturated carbocycles. The summed E-state index contributed by atoms with van der Waals surface area (Å²) in [5.41, 5.74) is 0.212. The molecule has 0 aromatic heterocycles. The van der Waals surface area contributed by atoms with Crippen molar-refractivity contribution in [3.63, 3.8) is 0 Å². The van der Waals surface area contributed by atoms with Gasteiger partial charge in [-0.15, -0.1) is 0 Å². The van der Waals surface area contributed by atoms with Crippen LogP contribution in [0, 0.1) is 5.41 Å². The topological polar surface area (TPSA) is 55.4 Å². The number of Topliss-reactive ketones (excluding diaryl/α,β-unsaturated/α-hetero) is 1. The van der Waals surface area contributed by atoms with Crippen LogP contribution in [-0.2, 0) is 9.53 Å². The van der Waals surface area contributed by atoms with Crippen molar-refractivity contribution in [1.29, 1.82) is 0 Å². The summed E-state index contributed by atoms with van der Waals surface area (Å²) in [5.74, 6) is -0.0564. The van der Waals surface area contributed by atoms with Gasteiger partial charge in [-0.25, -0.2) is 4.79 Å². The van der Waals surface area contributed by atoms with Gasteiger partial charge >= 0.3 is 6.09 Å². The maximum absolute atomic E-state index is 12.3. The first-order valence-corrected chi connectivity index (χ1v) is 5.80. The Labute approximate surface area is 121 Å². The van der Waals surface area contributed by atoms with Crippen LogP contribution in [-0.4, -0.2) is 19.0 Å². The highest BCUT2D eigenvalue weighted by Crippen LogP contribution is 2.25. The summed E-state index contributed by atoms with van der Waals surface area (Å²) < 4.78 is 4.56. The molecule has 0 fully saturated rings. The van der Waals surface area contributed by atoms with Gasteiger partial charge in [0.15, 0.2) is 5.78 Å². The van der Waals surface area contributed by atoms with Gasteiger partial charge in [-0.1, -0.05) is 51.1 Å². The lowest BCUT2D eigenvalue weighted by Gasteiger charge is -2.25. The normalized spacial score (nSPS) is 12.0. The second-order valence-corrected chi connectivity index (χ2v) is 5.09. The van der Waals surface area contributed by atoms with E-state index in [1.165, 1.54) is 7.11 Å². The van der Waals surface area contributed by atoms with E-state index in [-0.39, 0.29) is 19.3 Å². The van der Waals surface area contributed by atoms with Gasteiger partial charge in [-0.05, 0) is 5.56 Å². The molecule has 1 rings (SSSR count). The van der Waals surface area contributed by atoms with Crippen LogP contribution in [0.25, 0.3) is 0 Å². The van der Waals surface area contributed by atoms with E-state index in [9.17, 15) is 9.59 Å². The number of carbonyl (C=O) groups excluding carboxylic acids is 2. The summed E-state index contributed by atoms with van der Waals surface area (Å²) in [5, 5.41) is 2.58. The molecule has 0 spiro atoms. The third kappa shape index (κ3) is 4.95. The van der Waals surface area contributed by atoms with E-state index >= 15 is 0 Å². The molecule has 5 heteroatoms. The van der Waals surface area contributed by atoms with Crippen molar-refractivity contribution in [2.45, 2.75) is 26.8 Å². The lowest BCUT2D eigenvalue weighted by atomic mass is 9.84. The smallest absolute Gasteiger partial charge is 0.407 e. The molecule has 0 bridgehead atoms. The van der Waals surface area contributed by atoms with E-state index in [0.717, 1.165) is 5.56 Å². The van der Waals surface area contributed by atoms with Crippen LogP contribution in [0.2, 0.25) is 0 Å². The summed E-state index contributed by atoms with van der Waals surface area (Å²) in [7, 11) is 1.28. The first-order valence-electron chi connectivity index (χ1n) is 5.80. The SMILES string of the molecule is COC(=O)N[C@H](C(=O)C(C)(C)C)c1ccccc1.S. The summed E-state index contributed by atoms with van der Waals surface area (Å²) in [6.07, 6.45) is -0.610. The highest BCUT2D eigenvalue weighted by molar-refractivity contribution is 7.59. The van der Waals surface area contributed by atoms with Crippen molar-refractivity contribution in [2.75, 3.05) is 7.11 Å². The Morgan fingerprint density at radius 3 is 2.11 bits per heavy atom. The Balaban J connectivity index is 0.00000324. The molecule has 1 aromatic rings. The number of carbonyl (C=O) groups is 2. The predicted molar refractivity (Wildman–Crippen MR) is 79.6 cm³/mol. The predicted octanol–water partition coefficient (Wildman–Crippen LogP) is 2.81. The number of rotatable bonds is 3. The molecular formula is C14H21NO3S. The zero-order valence-corrected chi connectivity index (χ0v) is 12.7. The van der Waals surface area contributed by atoms with E-state index in [4.69, 9.17) is 0 Å². The van der Waals surface area contributed by atoms with E-state index in [0.29, 0.717) is 0 Å². The van der Waals surface area contributed by atoms with Gasteiger partial charge in [-0.2, -0.15) is 13.5 Å². The molecular weight excluding hydrogens is 262 g/mol. The molecule has 106 valence electrons. The van der Waals surface area contributed by atoms with Crippen molar-refractivity contribution in [2.24, 2.45) is 5.41 Å². The molecule has 0 aliphatic rings. The number of benzene rings is 1. The maximum atomic E-state index is 12.3. The number of ketones is 1. The van der Waals surface area contributed by atoms with E-state index in [1.54, 1.807) is 0 Å². The Bertz CT molecular complexity index is 426. The molecule has 0 unspecified atom stereocenters. The van der Waals surface area contributed by atoms with Gasteiger partial charge in [0.2, 0.25) is 0 Å². The van der Waals surface area contributed by atoms with E-state index in [1.807, 2.05) is 51.1 Å². The average molecular weight is 283 g/mol. The van der Waals surface area contributed by atoms with Crippen LogP contribution >= 0.6 is 13.5 Å². The van der Waals surface area contributed by atoms with Gasteiger partial charge in [0.25, 0.3) is 0 Å². The van der Waals surface area contributed by atoms with Gasteiger partial charge in [0.1, 0.15) is 6.04 Å². The first kappa shape index (κ1) is 17.5. The van der Waals surface area contributed by atoms with E-state index in [2.05, 4.69) is 10.1 Å². The lowest BCUT2D eigenvalue weighted by molar-refractivity contribution is -0.128. The standard InChI is InChI=1S/C14H19NO3.H2S/c1-14(2,3)12(16)11(15-13(17)18-4)10-8-6-5-7-9-10;/h5-9,11H,1-4H3,(H,15,17);1H2/t11-;/m0./s1. The number of hydrogen-bond acceptors (Lipinski definition) is 3. The molecule has 1 N–H and O–H groups in total. The fraction of sp³-hybridized carbons (Fsp3) is 0.429. The molecule has 0 aliphatic carbocycles. The number of methoxy groups -OCH3 is 1. The first-order chi connectivity index (χ1) is 8.36. The zero-order valence-electron chi connectivity index (χ0n) is 11.7. The Morgan fingerprint density at radius 2 is 1.68 bits per heavy atom. The van der Waals surface area contributed by atoms with Crippen LogP contribution < -0.4 is 5.32 Å². The number of nitrogens with one attached hydrogen (secondary N) is 1. The van der Waals surface area contributed by atoms with Crippen molar-refractivity contribution in [3.05, 3.63) is 35.9 Å². The van der Waals surface area contributed by atoms with Crippen LogP contribution in [0.3, 0.4) is 0 Å². The lowest BCUT2D eigenvalue weighted by Crippen LogP contribution is -2.39. The largest absolute Gasteiger partial charge is 0.453 e. The molecule has 4 nitrogen and oxygen atoms in total. The number of ether oxygens (including phenoxy) is 1. The second kappa shape index (κ2) is 7.19. The Hall–Kier alpha value is -1.49. The summed E-state index contributed by atoms with van der Waals surface area (Å²) in [6.45, 7) is 5.47. The second-order valence-electron chi connectivity index (χ2n) is 5.09. The Kier molecular flexibility index (Phi) is 6.62. The van der Waals surface area contributed by atoms with Crippen molar-refractivity contribution < 1.29 is 14.3 Å². The highest BCUT2D eigenvalue weighted by Gasteiger charge is 2.31. The van der Waals surface area contributed by atoms with Crippen molar-refractivity contribution in [3.8, 4) is 0 Å². The maximum Gasteiger partial charge on any atom is 0.407 e. The van der Waals surface area contributed by atoms with Crippen LogP contribution in [0.5, 0.6) is 0 Å². The minimum Gasteiger partial charge on any atom is -0.453 e. The third-order valence-electron chi connectivity index (χ3n) is 2.58. The number of hydrogen-bond donors (Lipinski definition) is 1. The van der Waals surface area contributed by atoms with Crippen LogP contribution in [0.15, 0.2) is 30.3 Å². The fourth-order valence-electron chi connectivity index (χ4n) is 1.56. The summed E-state index contributed by atoms with van der Waals surface area (Å²) >= 11 is 0. The molecule has 0 radical (unpaired) electrons. The minimum absolute atomic E-state index is 0. The fourth-order valence-corrected chi connectivity index (χ4v) is 1.56. The zero-order chi connectivity index (χ0) is 13.8. The molecule has 19 heavy (non-hydrogen) atoms. The number of alkyl carbamates (subject to hydrolysis) is 1. The quantitative estimate of drug-likeness (QED) is 0.928. The molecule has 0 aliphatic heterocycles. The van der Waals surface area contributed by atoms with E-state index < -0.39 is 17.6 Å². The highest BCUT2D eigenvalue weighted by atomic mass is 32.1. The van der Waals surface area contributed by atoms with Crippen LogP contribution in [0.4, 0.5) is 4.79 Å². The summed E-state index contributed by atoms with van der Waals surface area (Å²) in [6, 6.07) is 8.46. The average Bonchev–Trinajstić information content (AvgIpc) is 2.34. The molecule has 1 atom stereocenters. The number of amides is 1. The van der Waals surface area contributed by atoms with Crippen molar-refractivity contribution in [1.82, 2.24) is 5.32 Å². The monoisotopic (exact) mass is 283 g/mol. The Morgan fingerprint density at radius 1 is 1.16 bits per heavy atom. The van der Waals surface area contributed by atoms with Crippen molar-refractivity contribution >= 4 is 25.4 Å².